The maximum Gasteiger partial charge on any atom is 0.0798 e. The fourth-order valence-corrected chi connectivity index (χ4v) is 9.51. The fourth-order valence-electron chi connectivity index (χ4n) is 7.92. The van der Waals surface area contributed by atoms with E-state index in [1.54, 1.807) is 10.8 Å². The zero-order chi connectivity index (χ0) is 35.7. The summed E-state index contributed by atoms with van der Waals surface area (Å²) >= 11 is 0. The van der Waals surface area contributed by atoms with Gasteiger partial charge in [-0.25, -0.2) is 0 Å². The van der Waals surface area contributed by atoms with Crippen molar-refractivity contribution in [3.63, 3.8) is 0 Å². The van der Waals surface area contributed by atoms with Crippen LogP contribution in [0.3, 0.4) is 0 Å². The fraction of sp³-hybridized carbons (Fsp3) is 0.404. The van der Waals surface area contributed by atoms with Crippen LogP contribution in [0.2, 0.25) is 19.6 Å². The molecule has 2 saturated carbocycles. The number of benzene rings is 3. The van der Waals surface area contributed by atoms with Gasteiger partial charge in [-0.1, -0.05) is 103 Å². The molecule has 2 fully saturated rings. The SMILES string of the molecule is CC(C)(C)c1cc(-c2ccnc(-c3[c-]cccc3)c2)cc(C(C)(C)C)c1.C[Si](C)(C)c1cnc(-c2[c-]cccc2)cc1CC1CC2CCC1C2.[Ir]. The number of aromatic nitrogens is 2. The average Bonchev–Trinajstić information content (AvgIpc) is 3.72. The Morgan fingerprint density at radius 3 is 1.78 bits per heavy atom. The quantitative estimate of drug-likeness (QED) is 0.126. The van der Waals surface area contributed by atoms with E-state index in [4.69, 9.17) is 4.98 Å². The standard InChI is InChI=1S/C25H28N.C22H28NSi.Ir/c1-24(2,3)21-14-20(15-22(17-21)25(4,5)6)19-12-13-26-23(16-19)18-10-8-7-9-11-18;1-24(2,3)22-15-23-21(17-7-5-4-6-8-17)14-20(22)13-19-12-16-9-10-18(19)11-16;/h7-10,12-17H,1-6H3;4-7,14-16,18-19H,9-13H2,1-3H3;/q2*-1;. The Kier molecular flexibility index (Phi) is 12.1. The molecular weight excluding hydrogens is 813 g/mol. The Labute approximate surface area is 323 Å². The number of hydrogen-bond acceptors (Lipinski definition) is 2. The zero-order valence-corrected chi connectivity index (χ0v) is 35.6. The number of nitrogens with zero attached hydrogens (tertiary/aromatic N) is 2. The van der Waals surface area contributed by atoms with Crippen LogP contribution in [-0.2, 0) is 37.4 Å². The number of hydrogen-bond donors (Lipinski definition) is 0. The molecule has 1 radical (unpaired) electrons. The molecular formula is C47H56IrN2Si-2. The molecule has 4 heteroatoms. The van der Waals surface area contributed by atoms with Gasteiger partial charge in [0.15, 0.2) is 0 Å². The van der Waals surface area contributed by atoms with Crippen LogP contribution in [0.1, 0.15) is 83.9 Å². The molecule has 2 nitrogen and oxygen atoms in total. The van der Waals surface area contributed by atoms with Crippen LogP contribution in [0.15, 0.2) is 97.3 Å². The maximum atomic E-state index is 4.80. The van der Waals surface area contributed by atoms with Gasteiger partial charge in [-0.2, -0.15) is 0 Å². The monoisotopic (exact) mass is 869 g/mol. The van der Waals surface area contributed by atoms with Gasteiger partial charge >= 0.3 is 0 Å². The first-order valence-corrected chi connectivity index (χ1v) is 22.2. The predicted octanol–water partition coefficient (Wildman–Crippen LogP) is 11.9. The molecule has 0 amide bonds. The van der Waals surface area contributed by atoms with E-state index in [9.17, 15) is 0 Å². The Balaban J connectivity index is 0.000000194. The molecule has 51 heavy (non-hydrogen) atoms. The van der Waals surface area contributed by atoms with Gasteiger partial charge in [0.2, 0.25) is 0 Å². The van der Waals surface area contributed by atoms with E-state index in [0.717, 1.165) is 40.3 Å². The van der Waals surface area contributed by atoms with E-state index in [1.165, 1.54) is 54.4 Å². The van der Waals surface area contributed by atoms with Gasteiger partial charge in [-0.15, -0.1) is 71.8 Å². The van der Waals surface area contributed by atoms with Crippen molar-refractivity contribution in [2.24, 2.45) is 17.8 Å². The van der Waals surface area contributed by atoms with Crippen molar-refractivity contribution >= 4 is 13.3 Å². The summed E-state index contributed by atoms with van der Waals surface area (Å²) in [5, 5.41) is 1.56. The Hall–Kier alpha value is -3.17. The van der Waals surface area contributed by atoms with E-state index in [1.807, 2.05) is 36.5 Å². The smallest absolute Gasteiger partial charge is 0.0798 e. The maximum absolute atomic E-state index is 4.80. The third-order valence-electron chi connectivity index (χ3n) is 10.9. The van der Waals surface area contributed by atoms with Crippen molar-refractivity contribution in [3.8, 4) is 33.6 Å². The minimum absolute atomic E-state index is 0. The van der Waals surface area contributed by atoms with E-state index < -0.39 is 8.07 Å². The second-order valence-corrected chi connectivity index (χ2v) is 22.9. The summed E-state index contributed by atoms with van der Waals surface area (Å²) in [5.41, 5.74) is 11.2. The molecule has 2 bridgehead atoms. The molecule has 3 unspecified atom stereocenters. The van der Waals surface area contributed by atoms with Gasteiger partial charge in [0.05, 0.1) is 8.07 Å². The summed E-state index contributed by atoms with van der Waals surface area (Å²) in [4.78, 5) is 9.35. The van der Waals surface area contributed by atoms with Crippen LogP contribution in [-0.4, -0.2) is 18.0 Å². The first kappa shape index (κ1) is 39.0. The van der Waals surface area contributed by atoms with Gasteiger partial charge in [0, 0.05) is 32.5 Å². The van der Waals surface area contributed by atoms with Crippen LogP contribution >= 0.6 is 0 Å². The summed E-state index contributed by atoms with van der Waals surface area (Å²) in [6.45, 7) is 21.0. The molecule has 3 atom stereocenters. The molecule has 0 spiro atoms. The largest absolute Gasteiger partial charge is 0.305 e. The minimum Gasteiger partial charge on any atom is -0.305 e. The Bertz CT molecular complexity index is 1870. The number of pyridine rings is 2. The molecule has 0 saturated heterocycles. The molecule has 269 valence electrons. The average molecular weight is 869 g/mol. The van der Waals surface area contributed by atoms with Gasteiger partial charge < -0.3 is 9.97 Å². The summed E-state index contributed by atoms with van der Waals surface area (Å²) in [7, 11) is -1.37. The van der Waals surface area contributed by atoms with Crippen molar-refractivity contribution in [2.45, 2.75) is 104 Å². The van der Waals surface area contributed by atoms with Gasteiger partial charge in [-0.05, 0) is 99.2 Å². The Morgan fingerprint density at radius 2 is 1.29 bits per heavy atom. The van der Waals surface area contributed by atoms with Gasteiger partial charge in [0.1, 0.15) is 0 Å². The van der Waals surface area contributed by atoms with Crippen LogP contribution in [0.5, 0.6) is 0 Å². The molecule has 2 aliphatic carbocycles. The van der Waals surface area contributed by atoms with E-state index >= 15 is 0 Å². The van der Waals surface area contributed by atoms with Crippen LogP contribution in [0.4, 0.5) is 0 Å². The van der Waals surface area contributed by atoms with Crippen molar-refractivity contribution in [2.75, 3.05) is 0 Å². The van der Waals surface area contributed by atoms with Crippen molar-refractivity contribution in [1.82, 2.24) is 9.97 Å². The summed E-state index contributed by atoms with van der Waals surface area (Å²) in [6.07, 6.45) is 11.3. The number of rotatable bonds is 6. The van der Waals surface area contributed by atoms with Crippen LogP contribution < -0.4 is 5.19 Å². The summed E-state index contributed by atoms with van der Waals surface area (Å²) in [5.74, 6) is 2.93. The molecule has 0 N–H and O–H groups in total. The molecule has 0 aliphatic heterocycles. The van der Waals surface area contributed by atoms with E-state index in [-0.39, 0.29) is 30.9 Å². The van der Waals surface area contributed by atoms with E-state index in [0.29, 0.717) is 0 Å². The van der Waals surface area contributed by atoms with Crippen LogP contribution in [0, 0.1) is 29.9 Å². The number of fused-ring (bicyclic) bond motifs is 2. The third-order valence-corrected chi connectivity index (χ3v) is 13.0. The normalized spacial score (nSPS) is 18.5. The second kappa shape index (κ2) is 15.8. The molecule has 5 aromatic rings. The molecule has 2 aromatic heterocycles. The van der Waals surface area contributed by atoms with Crippen LogP contribution in [0.25, 0.3) is 33.6 Å². The first-order chi connectivity index (χ1) is 23.6. The topological polar surface area (TPSA) is 25.8 Å². The molecule has 7 rings (SSSR count). The van der Waals surface area contributed by atoms with Crippen molar-refractivity contribution in [3.05, 3.63) is 126 Å². The summed E-state index contributed by atoms with van der Waals surface area (Å²) < 4.78 is 0. The van der Waals surface area contributed by atoms with Crippen molar-refractivity contribution in [1.29, 1.82) is 0 Å². The van der Waals surface area contributed by atoms with Crippen molar-refractivity contribution < 1.29 is 20.1 Å². The first-order valence-electron chi connectivity index (χ1n) is 18.7. The molecule has 2 aliphatic rings. The van der Waals surface area contributed by atoms with Gasteiger partial charge in [-0.3, -0.25) is 0 Å². The Morgan fingerprint density at radius 1 is 0.686 bits per heavy atom. The van der Waals surface area contributed by atoms with E-state index in [2.05, 4.69) is 139 Å². The minimum atomic E-state index is -1.37. The van der Waals surface area contributed by atoms with Gasteiger partial charge in [0.25, 0.3) is 0 Å². The zero-order valence-electron chi connectivity index (χ0n) is 32.2. The molecule has 3 aromatic carbocycles. The molecule has 2 heterocycles. The predicted molar refractivity (Wildman–Crippen MR) is 215 cm³/mol. The second-order valence-electron chi connectivity index (χ2n) is 17.9. The third kappa shape index (κ3) is 9.63. The summed E-state index contributed by atoms with van der Waals surface area (Å²) in [6, 6.07) is 36.5.